The van der Waals surface area contributed by atoms with Gasteiger partial charge in [0.05, 0.1) is 0 Å². The maximum Gasteiger partial charge on any atom is 0.00438 e. The van der Waals surface area contributed by atoms with Crippen molar-refractivity contribution in [1.29, 1.82) is 0 Å². The SMILES string of the molecule is C1CC[C](CN2CCCC2)C1. The molecular weight excluding hydrogens is 134 g/mol. The molecule has 2 fully saturated rings. The standard InChI is InChI=1S/C10H18N/c1-2-6-10(5-1)9-11-7-3-4-8-11/h1-9H2. The smallest absolute Gasteiger partial charge is 0.00438 e. The Morgan fingerprint density at radius 1 is 0.909 bits per heavy atom. The molecule has 63 valence electrons. The quantitative estimate of drug-likeness (QED) is 0.586. The summed E-state index contributed by atoms with van der Waals surface area (Å²) in [4.78, 5) is 2.63. The molecule has 0 aromatic rings. The summed E-state index contributed by atoms with van der Waals surface area (Å²) in [5.41, 5.74) is 0. The fourth-order valence-corrected chi connectivity index (χ4v) is 2.29. The Kier molecular flexibility index (Phi) is 2.47. The highest BCUT2D eigenvalue weighted by Crippen LogP contribution is 2.28. The van der Waals surface area contributed by atoms with E-state index in [4.69, 9.17) is 0 Å². The molecule has 1 heteroatoms. The minimum Gasteiger partial charge on any atom is -0.303 e. The van der Waals surface area contributed by atoms with Gasteiger partial charge in [0.1, 0.15) is 0 Å². The van der Waals surface area contributed by atoms with Crippen molar-refractivity contribution in [3.8, 4) is 0 Å². The van der Waals surface area contributed by atoms with E-state index in [1.54, 1.807) is 0 Å². The van der Waals surface area contributed by atoms with Crippen LogP contribution in [0.1, 0.15) is 38.5 Å². The Hall–Kier alpha value is -0.0400. The molecule has 1 heterocycles. The number of likely N-dealkylation sites (tertiary alicyclic amines) is 1. The van der Waals surface area contributed by atoms with E-state index < -0.39 is 0 Å². The maximum atomic E-state index is 2.63. The molecule has 0 bridgehead atoms. The van der Waals surface area contributed by atoms with Crippen LogP contribution in [0.3, 0.4) is 0 Å². The van der Waals surface area contributed by atoms with Crippen LogP contribution in [-0.2, 0) is 0 Å². The molecule has 1 saturated heterocycles. The van der Waals surface area contributed by atoms with E-state index in [1.807, 2.05) is 5.92 Å². The van der Waals surface area contributed by atoms with Crippen molar-refractivity contribution in [2.24, 2.45) is 0 Å². The van der Waals surface area contributed by atoms with E-state index in [0.29, 0.717) is 0 Å². The van der Waals surface area contributed by atoms with Gasteiger partial charge in [-0.1, -0.05) is 12.8 Å². The molecule has 0 spiro atoms. The summed E-state index contributed by atoms with van der Waals surface area (Å²) < 4.78 is 0. The third kappa shape index (κ3) is 1.96. The monoisotopic (exact) mass is 152 g/mol. The van der Waals surface area contributed by atoms with Crippen molar-refractivity contribution in [1.82, 2.24) is 4.90 Å². The summed E-state index contributed by atoms with van der Waals surface area (Å²) in [6, 6.07) is 0. The Bertz CT molecular complexity index is 96.0. The normalized spacial score (nSPS) is 28.4. The molecule has 0 N–H and O–H groups in total. The van der Waals surface area contributed by atoms with Gasteiger partial charge in [-0.3, -0.25) is 0 Å². The summed E-state index contributed by atoms with van der Waals surface area (Å²) >= 11 is 0. The van der Waals surface area contributed by atoms with Crippen molar-refractivity contribution in [2.45, 2.75) is 38.5 Å². The molecule has 1 saturated carbocycles. The summed E-state index contributed by atoms with van der Waals surface area (Å²) in [7, 11) is 0. The first kappa shape index (κ1) is 7.60. The van der Waals surface area contributed by atoms with Crippen molar-refractivity contribution >= 4 is 0 Å². The Morgan fingerprint density at radius 3 is 2.18 bits per heavy atom. The highest BCUT2D eigenvalue weighted by Gasteiger charge is 2.20. The maximum absolute atomic E-state index is 2.63. The zero-order valence-electron chi connectivity index (χ0n) is 7.31. The van der Waals surface area contributed by atoms with Gasteiger partial charge in [0.2, 0.25) is 0 Å². The summed E-state index contributed by atoms with van der Waals surface area (Å²) in [5.74, 6) is 1.83. The fraction of sp³-hybridized carbons (Fsp3) is 0.900. The third-order valence-electron chi connectivity index (χ3n) is 2.96. The molecule has 1 aliphatic heterocycles. The van der Waals surface area contributed by atoms with Crippen molar-refractivity contribution in [2.75, 3.05) is 19.6 Å². The highest BCUT2D eigenvalue weighted by molar-refractivity contribution is 4.97. The molecule has 0 amide bonds. The van der Waals surface area contributed by atoms with E-state index in [-0.39, 0.29) is 0 Å². The average molecular weight is 152 g/mol. The highest BCUT2D eigenvalue weighted by atomic mass is 15.1. The predicted molar refractivity (Wildman–Crippen MR) is 47.4 cm³/mol. The van der Waals surface area contributed by atoms with Gasteiger partial charge in [-0.05, 0) is 44.7 Å². The number of nitrogens with zero attached hydrogens (tertiary/aromatic N) is 1. The number of hydrogen-bond donors (Lipinski definition) is 0. The van der Waals surface area contributed by atoms with Crippen LogP contribution in [0.25, 0.3) is 0 Å². The Balaban J connectivity index is 1.71. The van der Waals surface area contributed by atoms with E-state index >= 15 is 0 Å². The summed E-state index contributed by atoms with van der Waals surface area (Å²) in [6.45, 7) is 4.06. The Labute approximate surface area is 69.8 Å². The minimum atomic E-state index is 1.33. The van der Waals surface area contributed by atoms with E-state index in [0.717, 1.165) is 0 Å². The van der Waals surface area contributed by atoms with Crippen LogP contribution in [0.5, 0.6) is 0 Å². The van der Waals surface area contributed by atoms with Gasteiger partial charge in [0, 0.05) is 6.54 Å². The van der Waals surface area contributed by atoms with Crippen LogP contribution in [0.4, 0.5) is 0 Å². The van der Waals surface area contributed by atoms with Crippen LogP contribution in [0.15, 0.2) is 0 Å². The predicted octanol–water partition coefficient (Wildman–Crippen LogP) is 2.23. The van der Waals surface area contributed by atoms with Gasteiger partial charge in [-0.2, -0.15) is 0 Å². The largest absolute Gasteiger partial charge is 0.303 e. The van der Waals surface area contributed by atoms with Gasteiger partial charge in [-0.15, -0.1) is 0 Å². The molecule has 0 unspecified atom stereocenters. The molecule has 1 aliphatic carbocycles. The van der Waals surface area contributed by atoms with Gasteiger partial charge < -0.3 is 4.90 Å². The van der Waals surface area contributed by atoms with E-state index in [2.05, 4.69) is 4.90 Å². The first-order valence-electron chi connectivity index (χ1n) is 5.01. The topological polar surface area (TPSA) is 3.24 Å². The van der Waals surface area contributed by atoms with Gasteiger partial charge >= 0.3 is 0 Å². The fourth-order valence-electron chi connectivity index (χ4n) is 2.29. The summed E-state index contributed by atoms with van der Waals surface area (Å²) in [6.07, 6.45) is 8.65. The van der Waals surface area contributed by atoms with Crippen LogP contribution >= 0.6 is 0 Å². The van der Waals surface area contributed by atoms with Crippen LogP contribution < -0.4 is 0 Å². The molecule has 0 aromatic carbocycles. The van der Waals surface area contributed by atoms with Crippen molar-refractivity contribution in [3.05, 3.63) is 5.92 Å². The molecule has 2 rings (SSSR count). The molecule has 11 heavy (non-hydrogen) atoms. The summed E-state index contributed by atoms with van der Waals surface area (Å²) in [5, 5.41) is 0. The molecule has 0 aromatic heterocycles. The van der Waals surface area contributed by atoms with Gasteiger partial charge in [0.25, 0.3) is 0 Å². The van der Waals surface area contributed by atoms with E-state index in [9.17, 15) is 0 Å². The first-order valence-corrected chi connectivity index (χ1v) is 5.01. The minimum absolute atomic E-state index is 1.33. The number of hydrogen-bond acceptors (Lipinski definition) is 1. The number of rotatable bonds is 2. The average Bonchev–Trinajstić information content (AvgIpc) is 2.60. The lowest BCUT2D eigenvalue weighted by Gasteiger charge is -2.18. The lowest BCUT2D eigenvalue weighted by molar-refractivity contribution is 0.345. The molecule has 0 atom stereocenters. The zero-order valence-corrected chi connectivity index (χ0v) is 7.31. The van der Waals surface area contributed by atoms with Gasteiger partial charge in [0.15, 0.2) is 0 Å². The van der Waals surface area contributed by atoms with Gasteiger partial charge in [-0.25, -0.2) is 0 Å². The Morgan fingerprint density at radius 2 is 1.55 bits per heavy atom. The zero-order chi connectivity index (χ0) is 7.52. The molecular formula is C10H18N. The second kappa shape index (κ2) is 3.57. The second-order valence-corrected chi connectivity index (χ2v) is 3.94. The van der Waals surface area contributed by atoms with Crippen LogP contribution in [-0.4, -0.2) is 24.5 Å². The second-order valence-electron chi connectivity index (χ2n) is 3.94. The van der Waals surface area contributed by atoms with Crippen LogP contribution in [0.2, 0.25) is 0 Å². The molecule has 1 radical (unpaired) electrons. The lowest BCUT2D eigenvalue weighted by atomic mass is 10.1. The molecule has 2 aliphatic rings. The van der Waals surface area contributed by atoms with E-state index in [1.165, 1.54) is 58.2 Å². The first-order chi connectivity index (χ1) is 5.45. The third-order valence-corrected chi connectivity index (χ3v) is 2.96. The van der Waals surface area contributed by atoms with Crippen LogP contribution in [0, 0.1) is 5.92 Å². The molecule has 1 nitrogen and oxygen atoms in total. The van der Waals surface area contributed by atoms with Crippen molar-refractivity contribution in [3.63, 3.8) is 0 Å². The van der Waals surface area contributed by atoms with Crippen molar-refractivity contribution < 1.29 is 0 Å². The lowest BCUT2D eigenvalue weighted by Crippen LogP contribution is -2.24.